The fourth-order valence-corrected chi connectivity index (χ4v) is 2.29. The molecule has 1 aromatic rings. The number of carbonyl (C=O) groups excluding carboxylic acids is 1. The van der Waals surface area contributed by atoms with E-state index in [1.54, 1.807) is 12.1 Å². The first-order chi connectivity index (χ1) is 9.15. The Morgan fingerprint density at radius 2 is 2.16 bits per heavy atom. The Bertz CT molecular complexity index is 476. The van der Waals surface area contributed by atoms with Gasteiger partial charge >= 0.3 is 0 Å². The van der Waals surface area contributed by atoms with Crippen LogP contribution >= 0.6 is 0 Å². The number of likely N-dealkylation sites (tertiary alicyclic amines) is 1. The minimum absolute atomic E-state index is 0.219. The number of nitrogens with zero attached hydrogens (tertiary/aromatic N) is 1. The van der Waals surface area contributed by atoms with Gasteiger partial charge in [-0.05, 0) is 37.9 Å². The van der Waals surface area contributed by atoms with Crippen LogP contribution in [0.5, 0.6) is 0 Å². The molecular weight excluding hydrogens is 242 g/mol. The summed E-state index contributed by atoms with van der Waals surface area (Å²) in [4.78, 5) is 27.8. The molecule has 0 unspecified atom stereocenters. The van der Waals surface area contributed by atoms with Crippen molar-refractivity contribution in [1.29, 1.82) is 0 Å². The van der Waals surface area contributed by atoms with Gasteiger partial charge in [-0.2, -0.15) is 0 Å². The van der Waals surface area contributed by atoms with E-state index in [9.17, 15) is 9.59 Å². The number of pyridine rings is 1. The Labute approximate surface area is 113 Å². The van der Waals surface area contributed by atoms with Gasteiger partial charge in [0.15, 0.2) is 0 Å². The van der Waals surface area contributed by atoms with Crippen LogP contribution in [-0.4, -0.2) is 42.0 Å². The second-order valence-corrected chi connectivity index (χ2v) is 5.21. The summed E-state index contributed by atoms with van der Waals surface area (Å²) in [5.41, 5.74) is 0.0671. The standard InChI is InChI=1S/C14H21N3O2/c1-11-5-8-17(9-6-11)10-7-15-14(19)12-3-2-4-13(18)16-12/h2-4,11H,5-10H2,1H3,(H,15,19)(H,16,18). The zero-order valence-electron chi connectivity index (χ0n) is 11.3. The van der Waals surface area contributed by atoms with Crippen LogP contribution in [0.1, 0.15) is 30.3 Å². The SMILES string of the molecule is CC1CCN(CCNC(=O)c2cccc(=O)[nH]2)CC1. The Balaban J connectivity index is 1.74. The van der Waals surface area contributed by atoms with E-state index in [1.807, 2.05) is 0 Å². The van der Waals surface area contributed by atoms with Gasteiger partial charge in [-0.25, -0.2) is 0 Å². The van der Waals surface area contributed by atoms with Crippen LogP contribution in [0, 0.1) is 5.92 Å². The Morgan fingerprint density at radius 3 is 2.84 bits per heavy atom. The number of hydrogen-bond donors (Lipinski definition) is 2. The van der Waals surface area contributed by atoms with E-state index >= 15 is 0 Å². The van der Waals surface area contributed by atoms with Crippen molar-refractivity contribution in [2.75, 3.05) is 26.2 Å². The normalized spacial score (nSPS) is 17.3. The molecule has 1 aliphatic heterocycles. The molecule has 0 aromatic carbocycles. The van der Waals surface area contributed by atoms with Gasteiger partial charge in [-0.1, -0.05) is 13.0 Å². The van der Waals surface area contributed by atoms with Crippen molar-refractivity contribution >= 4 is 5.91 Å². The maximum absolute atomic E-state index is 11.8. The van der Waals surface area contributed by atoms with Gasteiger partial charge in [0.2, 0.25) is 5.56 Å². The second-order valence-electron chi connectivity index (χ2n) is 5.21. The molecule has 104 valence electrons. The minimum Gasteiger partial charge on any atom is -0.349 e. The van der Waals surface area contributed by atoms with Crippen molar-refractivity contribution in [3.63, 3.8) is 0 Å². The Kier molecular flexibility index (Phi) is 4.74. The fraction of sp³-hybridized carbons (Fsp3) is 0.571. The number of hydrogen-bond acceptors (Lipinski definition) is 3. The van der Waals surface area contributed by atoms with Crippen LogP contribution in [0.4, 0.5) is 0 Å². The Morgan fingerprint density at radius 1 is 1.42 bits per heavy atom. The predicted octanol–water partition coefficient (Wildman–Crippen LogP) is 0.837. The molecule has 2 rings (SSSR count). The number of amides is 1. The topological polar surface area (TPSA) is 65.2 Å². The van der Waals surface area contributed by atoms with Crippen molar-refractivity contribution < 1.29 is 4.79 Å². The van der Waals surface area contributed by atoms with E-state index in [1.165, 1.54) is 18.9 Å². The summed E-state index contributed by atoms with van der Waals surface area (Å²) in [6.45, 7) is 5.99. The zero-order chi connectivity index (χ0) is 13.7. The van der Waals surface area contributed by atoms with E-state index in [0.29, 0.717) is 12.2 Å². The maximum Gasteiger partial charge on any atom is 0.267 e. The summed E-state index contributed by atoms with van der Waals surface area (Å²) in [5, 5.41) is 2.83. The van der Waals surface area contributed by atoms with Crippen molar-refractivity contribution in [2.24, 2.45) is 5.92 Å². The molecule has 2 heterocycles. The number of rotatable bonds is 4. The van der Waals surface area contributed by atoms with Crippen LogP contribution < -0.4 is 10.9 Å². The number of aromatic amines is 1. The average Bonchev–Trinajstić information content (AvgIpc) is 2.41. The summed E-state index contributed by atoms with van der Waals surface area (Å²) in [6, 6.07) is 4.59. The molecular formula is C14H21N3O2. The largest absolute Gasteiger partial charge is 0.349 e. The molecule has 0 aliphatic carbocycles. The van der Waals surface area contributed by atoms with Gasteiger partial charge in [-0.15, -0.1) is 0 Å². The average molecular weight is 263 g/mol. The van der Waals surface area contributed by atoms with Crippen molar-refractivity contribution in [1.82, 2.24) is 15.2 Å². The highest BCUT2D eigenvalue weighted by Gasteiger charge is 2.15. The van der Waals surface area contributed by atoms with Crippen molar-refractivity contribution in [3.05, 3.63) is 34.2 Å². The summed E-state index contributed by atoms with van der Waals surface area (Å²) in [6.07, 6.45) is 2.47. The zero-order valence-corrected chi connectivity index (χ0v) is 11.3. The summed E-state index contributed by atoms with van der Waals surface area (Å²) in [7, 11) is 0. The number of nitrogens with one attached hydrogen (secondary N) is 2. The first-order valence-corrected chi connectivity index (χ1v) is 6.85. The molecule has 5 nitrogen and oxygen atoms in total. The molecule has 1 fully saturated rings. The van der Waals surface area contributed by atoms with Gasteiger partial charge < -0.3 is 15.2 Å². The number of carbonyl (C=O) groups is 1. The molecule has 0 atom stereocenters. The van der Waals surface area contributed by atoms with Gasteiger partial charge in [0.1, 0.15) is 5.69 Å². The number of H-pyrrole nitrogens is 1. The highest BCUT2D eigenvalue weighted by Crippen LogP contribution is 2.14. The molecule has 0 spiro atoms. The molecule has 5 heteroatoms. The maximum atomic E-state index is 11.8. The van der Waals surface area contributed by atoms with Crippen molar-refractivity contribution in [2.45, 2.75) is 19.8 Å². The first-order valence-electron chi connectivity index (χ1n) is 6.85. The number of piperidine rings is 1. The third kappa shape index (κ3) is 4.21. The summed E-state index contributed by atoms with van der Waals surface area (Å²) < 4.78 is 0. The Hall–Kier alpha value is -1.62. The molecule has 2 N–H and O–H groups in total. The molecule has 0 bridgehead atoms. The molecule has 0 saturated carbocycles. The van der Waals surface area contributed by atoms with Crippen LogP contribution in [-0.2, 0) is 0 Å². The van der Waals surface area contributed by atoms with Crippen LogP contribution in [0.25, 0.3) is 0 Å². The van der Waals surface area contributed by atoms with Crippen LogP contribution in [0.3, 0.4) is 0 Å². The highest BCUT2D eigenvalue weighted by molar-refractivity contribution is 5.92. The van der Waals surface area contributed by atoms with E-state index in [-0.39, 0.29) is 11.5 Å². The quantitative estimate of drug-likeness (QED) is 0.846. The first kappa shape index (κ1) is 13.8. The van der Waals surface area contributed by atoms with E-state index in [2.05, 4.69) is 22.1 Å². The smallest absolute Gasteiger partial charge is 0.267 e. The van der Waals surface area contributed by atoms with Crippen molar-refractivity contribution in [3.8, 4) is 0 Å². The third-order valence-electron chi connectivity index (χ3n) is 3.60. The van der Waals surface area contributed by atoms with Gasteiger partial charge in [0.05, 0.1) is 0 Å². The van der Waals surface area contributed by atoms with Crippen LogP contribution in [0.15, 0.2) is 23.0 Å². The highest BCUT2D eigenvalue weighted by atomic mass is 16.2. The lowest BCUT2D eigenvalue weighted by Gasteiger charge is -2.30. The lowest BCUT2D eigenvalue weighted by atomic mass is 9.99. The second kappa shape index (κ2) is 6.52. The molecule has 19 heavy (non-hydrogen) atoms. The monoisotopic (exact) mass is 263 g/mol. The van der Waals surface area contributed by atoms with Crippen LogP contribution in [0.2, 0.25) is 0 Å². The lowest BCUT2D eigenvalue weighted by molar-refractivity contribution is 0.0939. The predicted molar refractivity (Wildman–Crippen MR) is 74.2 cm³/mol. The fourth-order valence-electron chi connectivity index (χ4n) is 2.29. The summed E-state index contributed by atoms with van der Waals surface area (Å²) >= 11 is 0. The number of aromatic nitrogens is 1. The van der Waals surface area contributed by atoms with Gasteiger partial charge in [-0.3, -0.25) is 9.59 Å². The third-order valence-corrected chi connectivity index (χ3v) is 3.60. The minimum atomic E-state index is -0.252. The van der Waals surface area contributed by atoms with Gasteiger partial charge in [0, 0.05) is 19.2 Å². The summed E-state index contributed by atoms with van der Waals surface area (Å²) in [5.74, 6) is 0.600. The molecule has 1 aromatic heterocycles. The molecule has 1 saturated heterocycles. The molecule has 0 radical (unpaired) electrons. The lowest BCUT2D eigenvalue weighted by Crippen LogP contribution is -2.39. The molecule has 1 amide bonds. The van der Waals surface area contributed by atoms with E-state index in [0.717, 1.165) is 25.6 Å². The van der Waals surface area contributed by atoms with E-state index < -0.39 is 0 Å². The van der Waals surface area contributed by atoms with Gasteiger partial charge in [0.25, 0.3) is 5.91 Å². The van der Waals surface area contributed by atoms with E-state index in [4.69, 9.17) is 0 Å². The molecule has 1 aliphatic rings.